The van der Waals surface area contributed by atoms with Gasteiger partial charge in [-0.15, -0.1) is 0 Å². The molecule has 20 heavy (non-hydrogen) atoms. The van der Waals surface area contributed by atoms with Crippen LogP contribution in [0.4, 0.5) is 0 Å². The van der Waals surface area contributed by atoms with Gasteiger partial charge in [0.2, 0.25) is 0 Å². The van der Waals surface area contributed by atoms with E-state index in [4.69, 9.17) is 0 Å². The van der Waals surface area contributed by atoms with Crippen LogP contribution < -0.4 is 5.32 Å². The van der Waals surface area contributed by atoms with Gasteiger partial charge in [-0.1, -0.05) is 12.1 Å². The van der Waals surface area contributed by atoms with Gasteiger partial charge in [-0.25, -0.2) is 9.97 Å². The van der Waals surface area contributed by atoms with E-state index in [1.54, 1.807) is 6.20 Å². The monoisotopic (exact) mass is 264 g/mol. The lowest BCUT2D eigenvalue weighted by atomic mass is 9.98. The molecule has 0 radical (unpaired) electrons. The summed E-state index contributed by atoms with van der Waals surface area (Å²) in [7, 11) is 2.05. The van der Waals surface area contributed by atoms with Gasteiger partial charge in [0.1, 0.15) is 5.82 Å². The predicted octanol–water partition coefficient (Wildman–Crippen LogP) is 2.28. The number of aryl methyl sites for hydroxylation is 1. The first-order valence-corrected chi connectivity index (χ1v) is 6.93. The molecule has 0 bridgehead atoms. The number of fused-ring (bicyclic) bond motifs is 2. The van der Waals surface area contributed by atoms with Crippen molar-refractivity contribution in [3.63, 3.8) is 0 Å². The molecule has 4 rings (SSSR count). The lowest BCUT2D eigenvalue weighted by Gasteiger charge is -2.17. The van der Waals surface area contributed by atoms with Crippen molar-refractivity contribution in [1.82, 2.24) is 19.9 Å². The highest BCUT2D eigenvalue weighted by Crippen LogP contribution is 2.25. The summed E-state index contributed by atoms with van der Waals surface area (Å²) in [5.74, 6) is 0.979. The molecule has 0 unspecified atom stereocenters. The number of pyridine rings is 1. The first-order valence-electron chi connectivity index (χ1n) is 6.93. The number of aromatic nitrogens is 3. The molecule has 0 saturated heterocycles. The molecule has 0 saturated carbocycles. The van der Waals surface area contributed by atoms with Crippen molar-refractivity contribution in [2.24, 2.45) is 7.05 Å². The molecule has 1 aromatic carbocycles. The molecule has 1 aliphatic heterocycles. The minimum atomic E-state index is 0.806. The maximum Gasteiger partial charge on any atom is 0.178 e. The van der Waals surface area contributed by atoms with Crippen molar-refractivity contribution in [2.45, 2.75) is 13.0 Å². The van der Waals surface area contributed by atoms with E-state index in [0.717, 1.165) is 42.1 Å². The Morgan fingerprint density at radius 2 is 2.15 bits per heavy atom. The molecule has 0 spiro atoms. The third-order valence-corrected chi connectivity index (χ3v) is 4.01. The van der Waals surface area contributed by atoms with Crippen molar-refractivity contribution in [3.05, 3.63) is 47.7 Å². The Balaban J connectivity index is 1.88. The topological polar surface area (TPSA) is 42.7 Å². The number of rotatable bonds is 1. The summed E-state index contributed by atoms with van der Waals surface area (Å²) >= 11 is 0. The molecule has 1 N–H and O–H groups in total. The maximum absolute atomic E-state index is 4.66. The van der Waals surface area contributed by atoms with E-state index < -0.39 is 0 Å². The van der Waals surface area contributed by atoms with Gasteiger partial charge in [0.05, 0.1) is 5.52 Å². The van der Waals surface area contributed by atoms with E-state index in [1.807, 2.05) is 13.1 Å². The first kappa shape index (κ1) is 11.6. The normalized spacial score (nSPS) is 14.4. The zero-order valence-electron chi connectivity index (χ0n) is 11.4. The van der Waals surface area contributed by atoms with E-state index >= 15 is 0 Å². The summed E-state index contributed by atoms with van der Waals surface area (Å²) in [6.07, 6.45) is 2.90. The van der Waals surface area contributed by atoms with Crippen LogP contribution in [0.2, 0.25) is 0 Å². The zero-order valence-corrected chi connectivity index (χ0v) is 11.4. The number of benzene rings is 1. The van der Waals surface area contributed by atoms with Gasteiger partial charge in [-0.2, -0.15) is 0 Å². The Morgan fingerprint density at radius 3 is 3.05 bits per heavy atom. The quantitative estimate of drug-likeness (QED) is 0.733. The smallest absolute Gasteiger partial charge is 0.178 e. The Kier molecular flexibility index (Phi) is 2.57. The molecule has 4 heteroatoms. The highest BCUT2D eigenvalue weighted by atomic mass is 15.1. The van der Waals surface area contributed by atoms with Crippen molar-refractivity contribution in [3.8, 4) is 11.4 Å². The average Bonchev–Trinajstić information content (AvgIpc) is 2.84. The van der Waals surface area contributed by atoms with Crippen LogP contribution in [-0.2, 0) is 20.0 Å². The summed E-state index contributed by atoms with van der Waals surface area (Å²) in [6.45, 7) is 2.02. The summed E-state index contributed by atoms with van der Waals surface area (Å²) in [6, 6.07) is 10.7. The van der Waals surface area contributed by atoms with Gasteiger partial charge in [0, 0.05) is 25.4 Å². The maximum atomic E-state index is 4.66. The van der Waals surface area contributed by atoms with E-state index in [-0.39, 0.29) is 0 Å². The molecule has 3 aromatic rings. The number of hydrogen-bond donors (Lipinski definition) is 1. The third kappa shape index (κ3) is 1.72. The molecule has 1 aliphatic rings. The molecule has 0 fully saturated rings. The minimum absolute atomic E-state index is 0.806. The van der Waals surface area contributed by atoms with Crippen molar-refractivity contribution in [1.29, 1.82) is 0 Å². The second kappa shape index (κ2) is 4.42. The lowest BCUT2D eigenvalue weighted by Crippen LogP contribution is -2.23. The Labute approximate surface area is 117 Å². The van der Waals surface area contributed by atoms with Crippen LogP contribution >= 0.6 is 0 Å². The van der Waals surface area contributed by atoms with Crippen LogP contribution in [0.25, 0.3) is 22.6 Å². The Hall–Kier alpha value is -2.20. The largest absolute Gasteiger partial charge is 0.326 e. The van der Waals surface area contributed by atoms with Crippen LogP contribution in [0.3, 0.4) is 0 Å². The zero-order chi connectivity index (χ0) is 13.5. The van der Waals surface area contributed by atoms with Crippen LogP contribution in [0.1, 0.15) is 11.1 Å². The van der Waals surface area contributed by atoms with Gasteiger partial charge in [-0.05, 0) is 42.3 Å². The number of imidazole rings is 1. The summed E-state index contributed by atoms with van der Waals surface area (Å²) in [5.41, 5.74) is 5.87. The second-order valence-corrected chi connectivity index (χ2v) is 5.25. The Bertz CT molecular complexity index is 788. The van der Waals surface area contributed by atoms with Gasteiger partial charge in [0.25, 0.3) is 0 Å². The van der Waals surface area contributed by atoms with Gasteiger partial charge in [0.15, 0.2) is 5.65 Å². The molecule has 4 nitrogen and oxygen atoms in total. The molecule has 100 valence electrons. The average molecular weight is 264 g/mol. The van der Waals surface area contributed by atoms with Crippen molar-refractivity contribution < 1.29 is 0 Å². The molecule has 2 aromatic heterocycles. The highest BCUT2D eigenvalue weighted by molar-refractivity contribution is 5.77. The minimum Gasteiger partial charge on any atom is -0.326 e. The number of nitrogens with one attached hydrogen (secondary N) is 1. The highest BCUT2D eigenvalue weighted by Gasteiger charge is 2.14. The van der Waals surface area contributed by atoms with Crippen molar-refractivity contribution in [2.75, 3.05) is 6.54 Å². The summed E-state index contributed by atoms with van der Waals surface area (Å²) < 4.78 is 2.11. The fourth-order valence-electron chi connectivity index (χ4n) is 2.90. The second-order valence-electron chi connectivity index (χ2n) is 5.25. The molecular weight excluding hydrogens is 248 g/mol. The molecule has 0 aliphatic carbocycles. The van der Waals surface area contributed by atoms with Crippen LogP contribution in [0, 0.1) is 0 Å². The standard InChI is InChI=1S/C16H16N4/c1-20-14-3-2-7-18-15(14)19-16(20)12-5-4-11-6-8-17-10-13(11)9-12/h2-5,7,9,17H,6,8,10H2,1H3. The summed E-state index contributed by atoms with van der Waals surface area (Å²) in [4.78, 5) is 8.99. The van der Waals surface area contributed by atoms with E-state index in [1.165, 1.54) is 11.1 Å². The summed E-state index contributed by atoms with van der Waals surface area (Å²) in [5, 5.41) is 3.42. The molecular formula is C16H16N4. The fourth-order valence-corrected chi connectivity index (χ4v) is 2.90. The van der Waals surface area contributed by atoms with Crippen LogP contribution in [0.5, 0.6) is 0 Å². The third-order valence-electron chi connectivity index (χ3n) is 4.01. The van der Waals surface area contributed by atoms with Gasteiger partial charge < -0.3 is 9.88 Å². The van der Waals surface area contributed by atoms with Gasteiger partial charge >= 0.3 is 0 Å². The fraction of sp³-hybridized carbons (Fsp3) is 0.250. The number of nitrogens with zero attached hydrogens (tertiary/aromatic N) is 3. The first-order chi connectivity index (χ1) is 9.83. The number of hydrogen-bond acceptors (Lipinski definition) is 3. The van der Waals surface area contributed by atoms with Crippen LogP contribution in [0.15, 0.2) is 36.5 Å². The lowest BCUT2D eigenvalue weighted by molar-refractivity contribution is 0.644. The SMILES string of the molecule is Cn1c(-c2ccc3c(c2)CNCC3)nc2ncccc21. The predicted molar refractivity (Wildman–Crippen MR) is 79.4 cm³/mol. The molecule has 0 atom stereocenters. The Morgan fingerprint density at radius 1 is 1.20 bits per heavy atom. The van der Waals surface area contributed by atoms with E-state index in [2.05, 4.69) is 44.1 Å². The molecule has 3 heterocycles. The van der Waals surface area contributed by atoms with Crippen LogP contribution in [-0.4, -0.2) is 21.1 Å². The van der Waals surface area contributed by atoms with E-state index in [0.29, 0.717) is 0 Å². The van der Waals surface area contributed by atoms with Crippen molar-refractivity contribution >= 4 is 11.2 Å². The molecule has 0 amide bonds. The van der Waals surface area contributed by atoms with E-state index in [9.17, 15) is 0 Å². The van der Waals surface area contributed by atoms with Gasteiger partial charge in [-0.3, -0.25) is 0 Å².